The highest BCUT2D eigenvalue weighted by atomic mass is 32.1. The fourth-order valence-corrected chi connectivity index (χ4v) is 5.01. The van der Waals surface area contributed by atoms with Gasteiger partial charge in [0.25, 0.3) is 0 Å². The largest absolute Gasteiger partial charge is 0.393 e. The maximum atomic E-state index is 9.93. The molecule has 2 atom stereocenters. The van der Waals surface area contributed by atoms with E-state index >= 15 is 0 Å². The summed E-state index contributed by atoms with van der Waals surface area (Å²) >= 11 is 1.82. The van der Waals surface area contributed by atoms with Gasteiger partial charge in [-0.05, 0) is 43.7 Å². The number of anilines is 1. The summed E-state index contributed by atoms with van der Waals surface area (Å²) in [7, 11) is 0. The molecule has 1 aromatic heterocycles. The number of aliphatic hydroxyl groups is 1. The first-order valence-electron chi connectivity index (χ1n) is 7.61. The van der Waals surface area contributed by atoms with E-state index in [1.54, 1.807) is 0 Å². The van der Waals surface area contributed by atoms with E-state index in [1.165, 1.54) is 33.8 Å². The molecule has 4 heteroatoms. The molecule has 106 valence electrons. The van der Waals surface area contributed by atoms with Crippen molar-refractivity contribution in [3.63, 3.8) is 0 Å². The zero-order valence-corrected chi connectivity index (χ0v) is 12.6. The molecule has 4 rings (SSSR count). The van der Waals surface area contributed by atoms with Gasteiger partial charge in [0.1, 0.15) is 0 Å². The third-order valence-corrected chi connectivity index (χ3v) is 5.84. The van der Waals surface area contributed by atoms with Crippen molar-refractivity contribution in [3.05, 3.63) is 23.8 Å². The van der Waals surface area contributed by atoms with Gasteiger partial charge in [-0.15, -0.1) is 0 Å². The van der Waals surface area contributed by atoms with Crippen LogP contribution in [0.5, 0.6) is 0 Å². The highest BCUT2D eigenvalue weighted by Crippen LogP contribution is 2.42. The van der Waals surface area contributed by atoms with Crippen molar-refractivity contribution in [2.75, 3.05) is 4.90 Å². The number of aliphatic hydroxyl groups excluding tert-OH is 1. The van der Waals surface area contributed by atoms with Crippen LogP contribution in [0.15, 0.2) is 18.2 Å². The van der Waals surface area contributed by atoms with Crippen molar-refractivity contribution < 1.29 is 5.11 Å². The van der Waals surface area contributed by atoms with Gasteiger partial charge in [0, 0.05) is 12.1 Å². The molecule has 3 heterocycles. The molecule has 2 aliphatic heterocycles. The van der Waals surface area contributed by atoms with E-state index < -0.39 is 0 Å². The summed E-state index contributed by atoms with van der Waals surface area (Å²) in [6.07, 6.45) is 5.16. The smallest absolute Gasteiger partial charge is 0.186 e. The number of nitrogens with zero attached hydrogens (tertiary/aromatic N) is 2. The molecule has 0 spiro atoms. The van der Waals surface area contributed by atoms with Gasteiger partial charge in [-0.3, -0.25) is 0 Å². The van der Waals surface area contributed by atoms with Crippen LogP contribution in [-0.4, -0.2) is 28.3 Å². The minimum atomic E-state index is -0.107. The highest BCUT2D eigenvalue weighted by Gasteiger charge is 2.41. The topological polar surface area (TPSA) is 36.4 Å². The molecule has 2 aromatic rings. The first-order chi connectivity index (χ1) is 9.76. The number of aryl methyl sites for hydroxylation is 1. The van der Waals surface area contributed by atoms with Gasteiger partial charge in [0.2, 0.25) is 0 Å². The molecule has 0 aliphatic carbocycles. The Balaban J connectivity index is 1.76. The van der Waals surface area contributed by atoms with Crippen molar-refractivity contribution >= 4 is 26.7 Å². The summed E-state index contributed by atoms with van der Waals surface area (Å²) in [5.41, 5.74) is 2.52. The van der Waals surface area contributed by atoms with Crippen LogP contribution < -0.4 is 4.90 Å². The molecule has 2 saturated heterocycles. The molecule has 0 saturated carbocycles. The Morgan fingerprint density at radius 3 is 2.75 bits per heavy atom. The molecule has 2 aliphatic rings. The van der Waals surface area contributed by atoms with E-state index in [4.69, 9.17) is 4.98 Å². The second-order valence-electron chi connectivity index (χ2n) is 6.03. The molecule has 0 radical (unpaired) electrons. The number of hydrogen-bond acceptors (Lipinski definition) is 4. The molecule has 0 amide bonds. The fraction of sp³-hybridized carbons (Fsp3) is 0.562. The molecule has 1 N–H and O–H groups in total. The lowest BCUT2D eigenvalue weighted by atomic mass is 10.0. The summed E-state index contributed by atoms with van der Waals surface area (Å²) in [4.78, 5) is 7.43. The number of thiazole rings is 1. The number of hydrogen-bond donors (Lipinski definition) is 1. The second-order valence-corrected chi connectivity index (χ2v) is 7.04. The molecule has 20 heavy (non-hydrogen) atoms. The van der Waals surface area contributed by atoms with Crippen LogP contribution in [0.1, 0.15) is 38.2 Å². The molecule has 1 aromatic carbocycles. The zero-order valence-electron chi connectivity index (χ0n) is 11.7. The number of piperidine rings is 1. The predicted molar refractivity (Wildman–Crippen MR) is 83.5 cm³/mol. The summed E-state index contributed by atoms with van der Waals surface area (Å²) in [6.45, 7) is 2.19. The molecular formula is C16H20N2OS. The predicted octanol–water partition coefficient (Wildman–Crippen LogP) is 3.35. The number of rotatable bonds is 2. The first kappa shape index (κ1) is 12.6. The molecular weight excluding hydrogens is 268 g/mol. The quantitative estimate of drug-likeness (QED) is 0.920. The van der Waals surface area contributed by atoms with Crippen LogP contribution in [0.3, 0.4) is 0 Å². The Morgan fingerprint density at radius 2 is 2.05 bits per heavy atom. The summed E-state index contributed by atoms with van der Waals surface area (Å²) < 4.78 is 1.30. The van der Waals surface area contributed by atoms with E-state index in [0.29, 0.717) is 12.1 Å². The number of aromatic nitrogens is 1. The minimum Gasteiger partial charge on any atom is -0.393 e. The van der Waals surface area contributed by atoms with Gasteiger partial charge >= 0.3 is 0 Å². The Hall–Kier alpha value is -1.13. The van der Waals surface area contributed by atoms with Crippen LogP contribution in [0.2, 0.25) is 0 Å². The van der Waals surface area contributed by atoms with Crippen LogP contribution in [0, 0.1) is 0 Å². The Kier molecular flexibility index (Phi) is 2.97. The normalized spacial score (nSPS) is 29.3. The summed E-state index contributed by atoms with van der Waals surface area (Å²) in [5, 5.41) is 11.1. The summed E-state index contributed by atoms with van der Waals surface area (Å²) in [6, 6.07) is 7.48. The number of fused-ring (bicyclic) bond motifs is 3. The maximum absolute atomic E-state index is 9.93. The van der Waals surface area contributed by atoms with Gasteiger partial charge in [0.15, 0.2) is 5.13 Å². The molecule has 3 nitrogen and oxygen atoms in total. The fourth-order valence-electron chi connectivity index (χ4n) is 3.85. The Labute approximate surface area is 123 Å². The number of para-hydroxylation sites is 1. The van der Waals surface area contributed by atoms with Crippen molar-refractivity contribution in [1.29, 1.82) is 0 Å². The van der Waals surface area contributed by atoms with Gasteiger partial charge in [-0.2, -0.15) is 0 Å². The zero-order chi connectivity index (χ0) is 13.7. The summed E-state index contributed by atoms with van der Waals surface area (Å²) in [5.74, 6) is 0. The van der Waals surface area contributed by atoms with E-state index in [2.05, 4.69) is 30.0 Å². The van der Waals surface area contributed by atoms with E-state index in [0.717, 1.165) is 19.3 Å². The van der Waals surface area contributed by atoms with E-state index in [-0.39, 0.29) is 6.10 Å². The van der Waals surface area contributed by atoms with Gasteiger partial charge in [0.05, 0.1) is 16.3 Å². The van der Waals surface area contributed by atoms with Crippen molar-refractivity contribution in [2.24, 2.45) is 0 Å². The van der Waals surface area contributed by atoms with Crippen LogP contribution in [-0.2, 0) is 6.42 Å². The third kappa shape index (κ3) is 1.85. The van der Waals surface area contributed by atoms with Crippen LogP contribution in [0.4, 0.5) is 5.13 Å². The first-order valence-corrected chi connectivity index (χ1v) is 8.42. The lowest BCUT2D eigenvalue weighted by Crippen LogP contribution is -2.44. The van der Waals surface area contributed by atoms with Gasteiger partial charge < -0.3 is 10.0 Å². The Morgan fingerprint density at radius 1 is 1.30 bits per heavy atom. The van der Waals surface area contributed by atoms with Crippen LogP contribution in [0.25, 0.3) is 10.2 Å². The lowest BCUT2D eigenvalue weighted by Gasteiger charge is -2.36. The van der Waals surface area contributed by atoms with Gasteiger partial charge in [-0.25, -0.2) is 4.98 Å². The van der Waals surface area contributed by atoms with Crippen molar-refractivity contribution in [2.45, 2.75) is 57.2 Å². The lowest BCUT2D eigenvalue weighted by molar-refractivity contribution is 0.126. The van der Waals surface area contributed by atoms with E-state index in [1.807, 2.05) is 11.3 Å². The molecule has 2 fully saturated rings. The van der Waals surface area contributed by atoms with E-state index in [9.17, 15) is 5.11 Å². The number of benzene rings is 1. The second kappa shape index (κ2) is 4.71. The third-order valence-electron chi connectivity index (χ3n) is 4.80. The SMILES string of the molecule is CCc1cccc2sc(N3C4CCC3CC(O)C4)nc12. The molecule has 2 unspecified atom stereocenters. The van der Waals surface area contributed by atoms with Crippen molar-refractivity contribution in [1.82, 2.24) is 4.98 Å². The van der Waals surface area contributed by atoms with Crippen LogP contribution >= 0.6 is 11.3 Å². The maximum Gasteiger partial charge on any atom is 0.186 e. The molecule has 2 bridgehead atoms. The highest BCUT2D eigenvalue weighted by molar-refractivity contribution is 7.22. The standard InChI is InChI=1S/C16H20N2OS/c1-2-10-4-3-5-14-15(10)17-16(20-14)18-11-6-7-12(18)9-13(19)8-11/h3-5,11-13,19H,2,6-9H2,1H3. The minimum absolute atomic E-state index is 0.107. The van der Waals surface area contributed by atoms with Gasteiger partial charge in [-0.1, -0.05) is 30.4 Å². The monoisotopic (exact) mass is 288 g/mol. The Bertz CT molecular complexity index is 624. The average Bonchev–Trinajstić information content (AvgIpc) is 2.97. The van der Waals surface area contributed by atoms with Crippen molar-refractivity contribution in [3.8, 4) is 0 Å². The average molecular weight is 288 g/mol.